The fourth-order valence-electron chi connectivity index (χ4n) is 2.26. The van der Waals surface area contributed by atoms with Gasteiger partial charge in [0.25, 0.3) is 0 Å². The van der Waals surface area contributed by atoms with Gasteiger partial charge in [-0.25, -0.2) is 9.79 Å². The molecule has 1 heterocycles. The van der Waals surface area contributed by atoms with E-state index in [1.54, 1.807) is 12.1 Å². The van der Waals surface area contributed by atoms with Crippen LogP contribution < -0.4 is 0 Å². The number of aryl methyl sites for hydroxylation is 1. The van der Waals surface area contributed by atoms with E-state index in [0.717, 1.165) is 17.7 Å². The van der Waals surface area contributed by atoms with Crippen LogP contribution in [-0.4, -0.2) is 11.9 Å². The summed E-state index contributed by atoms with van der Waals surface area (Å²) in [5.74, 6) is -0.440. The van der Waals surface area contributed by atoms with Crippen LogP contribution in [0.5, 0.6) is 0 Å². The second kappa shape index (κ2) is 5.96. The summed E-state index contributed by atoms with van der Waals surface area (Å²) in [6, 6.07) is 11.8. The third kappa shape index (κ3) is 3.22. The summed E-state index contributed by atoms with van der Waals surface area (Å²) in [5.41, 5.74) is 1.34. The quantitative estimate of drug-likeness (QED) is 0.606. The van der Waals surface area contributed by atoms with Gasteiger partial charge in [0.2, 0.25) is 5.90 Å². The highest BCUT2D eigenvalue weighted by molar-refractivity contribution is 6.13. The van der Waals surface area contributed by atoms with E-state index in [4.69, 9.17) is 4.74 Å². The van der Waals surface area contributed by atoms with Gasteiger partial charge < -0.3 is 4.74 Å². The number of ether oxygens (including phenoxy) is 1. The second-order valence-corrected chi connectivity index (χ2v) is 5.27. The number of esters is 1. The molecule has 0 spiro atoms. The average molecular weight is 331 g/mol. The molecule has 1 aliphatic heterocycles. The third-order valence-electron chi connectivity index (χ3n) is 3.54. The monoisotopic (exact) mass is 331 g/mol. The van der Waals surface area contributed by atoms with Crippen molar-refractivity contribution in [2.45, 2.75) is 13.1 Å². The summed E-state index contributed by atoms with van der Waals surface area (Å²) in [6.07, 6.45) is -3.00. The van der Waals surface area contributed by atoms with Crippen molar-refractivity contribution in [3.63, 3.8) is 0 Å². The molecule has 3 rings (SSSR count). The Balaban J connectivity index is 1.90. The smallest absolute Gasteiger partial charge is 0.402 e. The van der Waals surface area contributed by atoms with Crippen molar-refractivity contribution in [1.82, 2.24) is 0 Å². The van der Waals surface area contributed by atoms with Crippen LogP contribution in [0, 0.1) is 6.92 Å². The number of halogens is 3. The SMILES string of the molecule is Cc1ccccc1C1=N/C(=C/c2ccc(C(F)(F)F)cc2)C(=O)O1. The fraction of sp³-hybridized carbons (Fsp3) is 0.111. The zero-order valence-electron chi connectivity index (χ0n) is 12.6. The Morgan fingerprint density at radius 3 is 2.33 bits per heavy atom. The molecule has 1 aliphatic rings. The molecule has 0 bridgehead atoms. The molecule has 0 atom stereocenters. The van der Waals surface area contributed by atoms with Crippen molar-refractivity contribution >= 4 is 17.9 Å². The van der Waals surface area contributed by atoms with Crippen LogP contribution in [0.25, 0.3) is 6.08 Å². The summed E-state index contributed by atoms with van der Waals surface area (Å²) >= 11 is 0. The Bertz CT molecular complexity index is 849. The Hall–Kier alpha value is -2.89. The molecular formula is C18H12F3NO2. The number of carbonyl (C=O) groups is 1. The van der Waals surface area contributed by atoms with Crippen molar-refractivity contribution in [3.05, 3.63) is 76.5 Å². The van der Waals surface area contributed by atoms with E-state index >= 15 is 0 Å². The molecule has 24 heavy (non-hydrogen) atoms. The van der Waals surface area contributed by atoms with Gasteiger partial charge in [-0.1, -0.05) is 30.3 Å². The van der Waals surface area contributed by atoms with Crippen LogP contribution in [0.1, 0.15) is 22.3 Å². The van der Waals surface area contributed by atoms with Gasteiger partial charge in [-0.15, -0.1) is 0 Å². The summed E-state index contributed by atoms with van der Waals surface area (Å²) in [7, 11) is 0. The second-order valence-electron chi connectivity index (χ2n) is 5.27. The molecule has 2 aromatic rings. The lowest BCUT2D eigenvalue weighted by Crippen LogP contribution is -2.06. The van der Waals surface area contributed by atoms with Gasteiger partial charge in [0.15, 0.2) is 5.70 Å². The molecule has 0 N–H and O–H groups in total. The number of aliphatic imine (C=N–C) groups is 1. The first-order valence-corrected chi connectivity index (χ1v) is 7.10. The van der Waals surface area contributed by atoms with Crippen molar-refractivity contribution in [2.24, 2.45) is 4.99 Å². The maximum Gasteiger partial charge on any atom is 0.416 e. The lowest BCUT2D eigenvalue weighted by atomic mass is 10.1. The van der Waals surface area contributed by atoms with Gasteiger partial charge in [0, 0.05) is 5.56 Å². The Labute approximate surface area is 136 Å². The molecule has 0 fully saturated rings. The average Bonchev–Trinajstić information content (AvgIpc) is 2.88. The molecule has 2 aromatic carbocycles. The zero-order valence-corrected chi connectivity index (χ0v) is 12.6. The summed E-state index contributed by atoms with van der Waals surface area (Å²) < 4.78 is 42.8. The molecule has 0 unspecified atom stereocenters. The number of nitrogens with zero attached hydrogens (tertiary/aromatic N) is 1. The van der Waals surface area contributed by atoms with Crippen molar-refractivity contribution < 1.29 is 22.7 Å². The van der Waals surface area contributed by atoms with Gasteiger partial charge in [-0.3, -0.25) is 0 Å². The molecule has 0 aromatic heterocycles. The number of benzene rings is 2. The molecule has 6 heteroatoms. The standard InChI is InChI=1S/C18H12F3NO2/c1-11-4-2-3-5-14(11)16-22-15(17(23)24-16)10-12-6-8-13(9-7-12)18(19,20)21/h2-10H,1H3/b15-10+. The zero-order chi connectivity index (χ0) is 17.3. The fourth-order valence-corrected chi connectivity index (χ4v) is 2.26. The van der Waals surface area contributed by atoms with Crippen LogP contribution >= 0.6 is 0 Å². The normalized spacial score (nSPS) is 16.2. The summed E-state index contributed by atoms with van der Waals surface area (Å²) in [5, 5.41) is 0. The number of rotatable bonds is 2. The topological polar surface area (TPSA) is 38.7 Å². The lowest BCUT2D eigenvalue weighted by Gasteiger charge is -2.05. The molecule has 3 nitrogen and oxygen atoms in total. The van der Waals surface area contributed by atoms with E-state index in [1.165, 1.54) is 18.2 Å². The van der Waals surface area contributed by atoms with Crippen LogP contribution in [0.3, 0.4) is 0 Å². The number of alkyl halides is 3. The van der Waals surface area contributed by atoms with E-state index in [1.807, 2.05) is 19.1 Å². The highest BCUT2D eigenvalue weighted by Gasteiger charge is 2.30. The first-order chi connectivity index (χ1) is 11.3. The van der Waals surface area contributed by atoms with Crippen LogP contribution in [-0.2, 0) is 15.7 Å². The maximum atomic E-state index is 12.6. The van der Waals surface area contributed by atoms with Gasteiger partial charge in [0.1, 0.15) is 0 Å². The van der Waals surface area contributed by atoms with Crippen molar-refractivity contribution in [3.8, 4) is 0 Å². The molecule has 0 saturated heterocycles. The van der Waals surface area contributed by atoms with Gasteiger partial charge >= 0.3 is 12.1 Å². The Kier molecular flexibility index (Phi) is 3.97. The van der Waals surface area contributed by atoms with E-state index in [0.29, 0.717) is 11.1 Å². The number of cyclic esters (lactones) is 1. The largest absolute Gasteiger partial charge is 0.416 e. The van der Waals surface area contributed by atoms with Gasteiger partial charge in [-0.05, 0) is 42.3 Å². The molecule has 0 radical (unpaired) electrons. The minimum absolute atomic E-state index is 0.0491. The predicted octanol–water partition coefficient (Wildman–Crippen LogP) is 4.36. The molecule has 0 aliphatic carbocycles. The van der Waals surface area contributed by atoms with Crippen LogP contribution in [0.2, 0.25) is 0 Å². The number of hydrogen-bond acceptors (Lipinski definition) is 3. The first kappa shape index (κ1) is 16.0. The minimum Gasteiger partial charge on any atom is -0.402 e. The Morgan fingerprint density at radius 2 is 1.71 bits per heavy atom. The molecule has 0 saturated carbocycles. The van der Waals surface area contributed by atoms with Crippen LogP contribution in [0.15, 0.2) is 59.2 Å². The Morgan fingerprint density at radius 1 is 1.04 bits per heavy atom. The van der Waals surface area contributed by atoms with Gasteiger partial charge in [-0.2, -0.15) is 13.2 Å². The highest BCUT2D eigenvalue weighted by atomic mass is 19.4. The molecule has 122 valence electrons. The van der Waals surface area contributed by atoms with Crippen molar-refractivity contribution in [1.29, 1.82) is 0 Å². The maximum absolute atomic E-state index is 12.6. The first-order valence-electron chi connectivity index (χ1n) is 7.10. The molecular weight excluding hydrogens is 319 g/mol. The van der Waals surface area contributed by atoms with E-state index < -0.39 is 17.7 Å². The number of carbonyl (C=O) groups excluding carboxylic acids is 1. The summed E-state index contributed by atoms with van der Waals surface area (Å²) in [4.78, 5) is 16.1. The summed E-state index contributed by atoms with van der Waals surface area (Å²) in [6.45, 7) is 1.86. The van der Waals surface area contributed by atoms with Crippen molar-refractivity contribution in [2.75, 3.05) is 0 Å². The highest BCUT2D eigenvalue weighted by Crippen LogP contribution is 2.29. The predicted molar refractivity (Wildman–Crippen MR) is 83.2 cm³/mol. The third-order valence-corrected chi connectivity index (χ3v) is 3.54. The lowest BCUT2D eigenvalue weighted by molar-refractivity contribution is -0.137. The minimum atomic E-state index is -4.39. The molecule has 0 amide bonds. The van der Waals surface area contributed by atoms with Crippen LogP contribution in [0.4, 0.5) is 13.2 Å². The van der Waals surface area contributed by atoms with E-state index in [-0.39, 0.29) is 11.6 Å². The number of hydrogen-bond donors (Lipinski definition) is 0. The van der Waals surface area contributed by atoms with Gasteiger partial charge in [0.05, 0.1) is 5.56 Å². The van der Waals surface area contributed by atoms with E-state index in [2.05, 4.69) is 4.99 Å². The van der Waals surface area contributed by atoms with E-state index in [9.17, 15) is 18.0 Å².